The molecule has 11 heteroatoms. The molecule has 2 saturated heterocycles. The number of likely N-dealkylation sites (tertiary alicyclic amines) is 1. The number of methoxy groups -OCH3 is 1. The lowest BCUT2D eigenvalue weighted by molar-refractivity contribution is -0.0646. The second-order valence-corrected chi connectivity index (χ2v) is 13.9. The van der Waals surface area contributed by atoms with Gasteiger partial charge in [0.25, 0.3) is 0 Å². The normalized spacial score (nSPS) is 17.8. The van der Waals surface area contributed by atoms with Crippen molar-refractivity contribution in [3.63, 3.8) is 0 Å². The van der Waals surface area contributed by atoms with E-state index in [1.54, 1.807) is 17.5 Å². The van der Waals surface area contributed by atoms with Crippen LogP contribution < -0.4 is 9.64 Å². The maximum atomic E-state index is 12.1. The van der Waals surface area contributed by atoms with Crippen LogP contribution >= 0.6 is 11.3 Å². The van der Waals surface area contributed by atoms with E-state index in [-0.39, 0.29) is 11.7 Å². The zero-order valence-corrected chi connectivity index (χ0v) is 23.5. The number of hydrogen-bond acceptors (Lipinski definition) is 10. The maximum Gasteiger partial charge on any atom is 0.226 e. The lowest BCUT2D eigenvalue weighted by atomic mass is 9.84. The summed E-state index contributed by atoms with van der Waals surface area (Å²) in [7, 11) is -1.78. The third kappa shape index (κ3) is 5.74. The minimum atomic E-state index is -3.28. The summed E-state index contributed by atoms with van der Waals surface area (Å²) < 4.78 is 30.5. The van der Waals surface area contributed by atoms with Crippen LogP contribution in [0, 0.1) is 5.92 Å². The average molecular weight is 546 g/mol. The van der Waals surface area contributed by atoms with Gasteiger partial charge in [-0.2, -0.15) is 0 Å². The predicted molar refractivity (Wildman–Crippen MR) is 147 cm³/mol. The van der Waals surface area contributed by atoms with E-state index in [0.29, 0.717) is 17.4 Å². The largest absolute Gasteiger partial charge is 0.481 e. The smallest absolute Gasteiger partial charge is 0.226 e. The molecule has 5 heterocycles. The lowest BCUT2D eigenvalue weighted by Crippen LogP contribution is -2.55. The number of thiophene rings is 1. The second kappa shape index (κ2) is 10.1. The van der Waals surface area contributed by atoms with Crippen LogP contribution in [0.15, 0.2) is 17.6 Å². The summed E-state index contributed by atoms with van der Waals surface area (Å²) in [5, 5.41) is 12.5. The first-order chi connectivity index (χ1) is 17.5. The van der Waals surface area contributed by atoms with Crippen LogP contribution in [0.25, 0.3) is 21.5 Å². The molecule has 2 aliphatic heterocycles. The standard InChI is InChI=1S/C26H35N5O4S2/c1-26(2,32)20-13-30(14-20)12-19-15-36-23-21(28-25(29-22(19)23)31-8-6-5-7-9-31)17-10-18(16-37(4,33)34)24(35-3)27-11-17/h10-11,15,20,32H,5-9,12-14,16H2,1-4H3. The highest BCUT2D eigenvalue weighted by molar-refractivity contribution is 7.89. The van der Waals surface area contributed by atoms with Crippen LogP contribution in [0.5, 0.6) is 5.88 Å². The van der Waals surface area contributed by atoms with E-state index in [1.807, 2.05) is 19.9 Å². The quantitative estimate of drug-likeness (QED) is 0.455. The highest BCUT2D eigenvalue weighted by Crippen LogP contribution is 2.38. The van der Waals surface area contributed by atoms with E-state index in [1.165, 1.54) is 19.8 Å². The van der Waals surface area contributed by atoms with Gasteiger partial charge in [-0.25, -0.2) is 23.4 Å². The minimum absolute atomic E-state index is 0.156. The van der Waals surface area contributed by atoms with Gasteiger partial charge in [-0.05, 0) is 44.6 Å². The molecule has 37 heavy (non-hydrogen) atoms. The van der Waals surface area contributed by atoms with Crippen molar-refractivity contribution in [2.24, 2.45) is 5.92 Å². The van der Waals surface area contributed by atoms with Gasteiger partial charge in [-0.3, -0.25) is 4.90 Å². The van der Waals surface area contributed by atoms with Crippen LogP contribution in [0.4, 0.5) is 5.95 Å². The molecule has 3 aromatic heterocycles. The molecular formula is C26H35N5O4S2. The Morgan fingerprint density at radius 1 is 1.16 bits per heavy atom. The first-order valence-corrected chi connectivity index (χ1v) is 15.6. The molecule has 0 bridgehead atoms. The summed E-state index contributed by atoms with van der Waals surface area (Å²) in [4.78, 5) is 19.1. The Kier molecular flexibility index (Phi) is 7.16. The van der Waals surface area contributed by atoms with Crippen LogP contribution in [-0.2, 0) is 22.1 Å². The third-order valence-corrected chi connectivity index (χ3v) is 9.14. The van der Waals surface area contributed by atoms with Crippen molar-refractivity contribution in [1.29, 1.82) is 0 Å². The zero-order chi connectivity index (χ0) is 26.4. The van der Waals surface area contributed by atoms with E-state index in [2.05, 4.69) is 20.2 Å². The summed E-state index contributed by atoms with van der Waals surface area (Å²) in [5.74, 6) is 1.13. The Morgan fingerprint density at radius 3 is 2.54 bits per heavy atom. The third-order valence-electron chi connectivity index (χ3n) is 7.28. The molecule has 200 valence electrons. The number of pyridine rings is 1. The van der Waals surface area contributed by atoms with Gasteiger partial charge >= 0.3 is 0 Å². The first-order valence-electron chi connectivity index (χ1n) is 12.7. The fourth-order valence-electron chi connectivity index (χ4n) is 5.08. The molecule has 0 aromatic carbocycles. The Bertz CT molecular complexity index is 1390. The summed E-state index contributed by atoms with van der Waals surface area (Å²) in [6.07, 6.45) is 6.35. The number of fused-ring (bicyclic) bond motifs is 1. The molecule has 0 radical (unpaired) electrons. The summed E-state index contributed by atoms with van der Waals surface area (Å²) in [6, 6.07) is 1.83. The van der Waals surface area contributed by atoms with E-state index in [4.69, 9.17) is 14.7 Å². The molecule has 9 nitrogen and oxygen atoms in total. The number of sulfone groups is 1. The van der Waals surface area contributed by atoms with Crippen molar-refractivity contribution >= 4 is 37.3 Å². The van der Waals surface area contributed by atoms with Crippen LogP contribution in [0.2, 0.25) is 0 Å². The van der Waals surface area contributed by atoms with E-state index in [9.17, 15) is 13.5 Å². The van der Waals surface area contributed by atoms with Crippen molar-refractivity contribution in [3.05, 3.63) is 28.8 Å². The highest BCUT2D eigenvalue weighted by Gasteiger charge is 2.37. The van der Waals surface area contributed by atoms with Gasteiger partial charge in [0.1, 0.15) is 0 Å². The molecule has 0 spiro atoms. The molecule has 0 unspecified atom stereocenters. The van der Waals surface area contributed by atoms with Crippen molar-refractivity contribution in [2.75, 3.05) is 44.4 Å². The van der Waals surface area contributed by atoms with Crippen molar-refractivity contribution in [1.82, 2.24) is 19.9 Å². The summed E-state index contributed by atoms with van der Waals surface area (Å²) in [6.45, 7) is 8.07. The van der Waals surface area contributed by atoms with Crippen molar-refractivity contribution < 1.29 is 18.3 Å². The Morgan fingerprint density at radius 2 is 1.89 bits per heavy atom. The molecule has 2 fully saturated rings. The number of aliphatic hydroxyl groups is 1. The molecule has 5 rings (SSSR count). The van der Waals surface area contributed by atoms with Crippen LogP contribution in [0.3, 0.4) is 0 Å². The lowest BCUT2D eigenvalue weighted by Gasteiger charge is -2.45. The van der Waals surface area contributed by atoms with Crippen LogP contribution in [0.1, 0.15) is 44.2 Å². The van der Waals surface area contributed by atoms with Gasteiger partial charge in [0.2, 0.25) is 11.8 Å². The van der Waals surface area contributed by atoms with Gasteiger partial charge in [0, 0.05) is 67.8 Å². The van der Waals surface area contributed by atoms with Gasteiger partial charge in [0.15, 0.2) is 9.84 Å². The number of hydrogen-bond donors (Lipinski definition) is 1. The van der Waals surface area contributed by atoms with Gasteiger partial charge in [-0.15, -0.1) is 11.3 Å². The fourth-order valence-corrected chi connectivity index (χ4v) is 6.86. The molecule has 0 saturated carbocycles. The predicted octanol–water partition coefficient (Wildman–Crippen LogP) is 3.50. The van der Waals surface area contributed by atoms with Gasteiger partial charge in [-0.1, -0.05) is 0 Å². The monoisotopic (exact) mass is 545 g/mol. The summed E-state index contributed by atoms with van der Waals surface area (Å²) in [5.41, 5.74) is 3.45. The van der Waals surface area contributed by atoms with E-state index in [0.717, 1.165) is 72.6 Å². The zero-order valence-electron chi connectivity index (χ0n) is 21.9. The molecule has 0 aliphatic carbocycles. The number of ether oxygens (including phenoxy) is 1. The molecule has 1 N–H and O–H groups in total. The first kappa shape index (κ1) is 26.3. The summed E-state index contributed by atoms with van der Waals surface area (Å²) >= 11 is 1.61. The van der Waals surface area contributed by atoms with Crippen molar-refractivity contribution in [3.8, 4) is 17.1 Å². The van der Waals surface area contributed by atoms with E-state index >= 15 is 0 Å². The fraction of sp³-hybridized carbons (Fsp3) is 0.577. The molecular weight excluding hydrogens is 510 g/mol. The molecule has 3 aromatic rings. The van der Waals surface area contributed by atoms with Gasteiger partial charge in [0.05, 0.1) is 34.4 Å². The van der Waals surface area contributed by atoms with Crippen molar-refractivity contribution in [2.45, 2.75) is 51.0 Å². The van der Waals surface area contributed by atoms with Gasteiger partial charge < -0.3 is 14.7 Å². The maximum absolute atomic E-state index is 12.1. The number of anilines is 1. The highest BCUT2D eigenvalue weighted by atomic mass is 32.2. The molecule has 2 aliphatic rings. The number of aromatic nitrogens is 3. The van der Waals surface area contributed by atoms with E-state index < -0.39 is 15.4 Å². The Balaban J connectivity index is 1.56. The Labute approximate surface area is 222 Å². The second-order valence-electron chi connectivity index (χ2n) is 10.9. The van der Waals surface area contributed by atoms with Crippen LogP contribution in [-0.4, -0.2) is 78.5 Å². The number of piperidine rings is 1. The molecule has 0 atom stereocenters. The Hall–Kier alpha value is -2.34. The SMILES string of the molecule is COc1ncc(-c2nc(N3CCCCC3)nc3c(CN4CC(C(C)(C)O)C4)csc23)cc1CS(C)(=O)=O. The molecule has 0 amide bonds. The minimum Gasteiger partial charge on any atom is -0.481 e. The number of rotatable bonds is 8. The topological polar surface area (TPSA) is 109 Å². The average Bonchev–Trinajstić information content (AvgIpc) is 3.22. The number of nitrogens with zero attached hydrogens (tertiary/aromatic N) is 5.